The van der Waals surface area contributed by atoms with E-state index in [9.17, 15) is 8.42 Å². The van der Waals surface area contributed by atoms with Crippen LogP contribution in [-0.2, 0) is 22.9 Å². The van der Waals surface area contributed by atoms with Crippen LogP contribution < -0.4 is 4.72 Å². The standard InChI is InChI=1S/C15H16N2O2S/c18-20(19,17-15-7-3-4-10-16-15)14-9-8-12-5-1-2-6-13(12)11-14/h3-4,7-11H,1-2,5-6H2,(H,16,17). The van der Waals surface area contributed by atoms with Gasteiger partial charge in [0.25, 0.3) is 10.0 Å². The zero-order valence-corrected chi connectivity index (χ0v) is 11.9. The highest BCUT2D eigenvalue weighted by Gasteiger charge is 2.18. The smallest absolute Gasteiger partial charge is 0.263 e. The van der Waals surface area contributed by atoms with E-state index >= 15 is 0 Å². The maximum absolute atomic E-state index is 12.3. The van der Waals surface area contributed by atoms with Crippen LogP contribution in [0.5, 0.6) is 0 Å². The summed E-state index contributed by atoms with van der Waals surface area (Å²) in [6, 6.07) is 10.5. The summed E-state index contributed by atoms with van der Waals surface area (Å²) in [5.41, 5.74) is 2.42. The molecule has 1 aromatic heterocycles. The van der Waals surface area contributed by atoms with Crippen LogP contribution in [0.3, 0.4) is 0 Å². The van der Waals surface area contributed by atoms with Gasteiger partial charge in [0.15, 0.2) is 0 Å². The average Bonchev–Trinajstić information content (AvgIpc) is 2.47. The topological polar surface area (TPSA) is 59.1 Å². The molecule has 4 nitrogen and oxygen atoms in total. The number of pyridine rings is 1. The van der Waals surface area contributed by atoms with Crippen molar-refractivity contribution >= 4 is 15.8 Å². The molecule has 1 heterocycles. The van der Waals surface area contributed by atoms with E-state index in [1.165, 1.54) is 12.0 Å². The number of anilines is 1. The van der Waals surface area contributed by atoms with Crippen LogP contribution in [0.1, 0.15) is 24.0 Å². The zero-order chi connectivity index (χ0) is 14.0. The molecule has 1 N–H and O–H groups in total. The summed E-state index contributed by atoms with van der Waals surface area (Å²) in [6.07, 6.45) is 5.88. The van der Waals surface area contributed by atoms with Crippen molar-refractivity contribution in [2.24, 2.45) is 0 Å². The molecule has 1 aliphatic rings. The largest absolute Gasteiger partial charge is 0.263 e. The number of aromatic nitrogens is 1. The number of hydrogen-bond donors (Lipinski definition) is 1. The van der Waals surface area contributed by atoms with Gasteiger partial charge in [0.1, 0.15) is 5.82 Å². The van der Waals surface area contributed by atoms with Gasteiger partial charge < -0.3 is 0 Å². The van der Waals surface area contributed by atoms with Gasteiger partial charge in [-0.15, -0.1) is 0 Å². The first-order chi connectivity index (χ1) is 9.65. The lowest BCUT2D eigenvalue weighted by Crippen LogP contribution is -2.15. The number of sulfonamides is 1. The van der Waals surface area contributed by atoms with E-state index in [4.69, 9.17) is 0 Å². The average molecular weight is 288 g/mol. The minimum absolute atomic E-state index is 0.309. The number of hydrogen-bond acceptors (Lipinski definition) is 3. The fourth-order valence-electron chi connectivity index (χ4n) is 2.50. The fourth-order valence-corrected chi connectivity index (χ4v) is 3.56. The Morgan fingerprint density at radius 1 is 1.00 bits per heavy atom. The maximum atomic E-state index is 12.3. The van der Waals surface area contributed by atoms with Gasteiger partial charge in [0.2, 0.25) is 0 Å². The summed E-state index contributed by atoms with van der Waals surface area (Å²) in [6.45, 7) is 0. The molecule has 0 radical (unpaired) electrons. The number of aryl methyl sites for hydroxylation is 2. The molecule has 104 valence electrons. The second-order valence-electron chi connectivity index (χ2n) is 4.96. The number of nitrogens with one attached hydrogen (secondary N) is 1. The van der Waals surface area contributed by atoms with Crippen molar-refractivity contribution in [3.05, 3.63) is 53.7 Å². The van der Waals surface area contributed by atoms with Crippen LogP contribution in [0, 0.1) is 0 Å². The molecule has 0 saturated carbocycles. The van der Waals surface area contributed by atoms with E-state index in [0.29, 0.717) is 10.7 Å². The Bertz CT molecular complexity index is 712. The maximum Gasteiger partial charge on any atom is 0.263 e. The van der Waals surface area contributed by atoms with Crippen molar-refractivity contribution in [1.29, 1.82) is 0 Å². The Balaban J connectivity index is 1.91. The first kappa shape index (κ1) is 13.1. The molecule has 5 heteroatoms. The molecular weight excluding hydrogens is 272 g/mol. The third-order valence-electron chi connectivity index (χ3n) is 3.53. The lowest BCUT2D eigenvalue weighted by atomic mass is 9.92. The third kappa shape index (κ3) is 2.67. The highest BCUT2D eigenvalue weighted by Crippen LogP contribution is 2.24. The van der Waals surface area contributed by atoms with E-state index in [2.05, 4.69) is 9.71 Å². The predicted molar refractivity (Wildman–Crippen MR) is 78.1 cm³/mol. The lowest BCUT2D eigenvalue weighted by Gasteiger charge is -2.16. The Hall–Kier alpha value is -1.88. The third-order valence-corrected chi connectivity index (χ3v) is 4.89. The summed E-state index contributed by atoms with van der Waals surface area (Å²) >= 11 is 0. The van der Waals surface area contributed by atoms with E-state index < -0.39 is 10.0 Å². The first-order valence-corrected chi connectivity index (χ1v) is 8.19. The normalized spacial score (nSPS) is 14.6. The molecule has 20 heavy (non-hydrogen) atoms. The monoisotopic (exact) mass is 288 g/mol. The Kier molecular flexibility index (Phi) is 3.44. The number of nitrogens with zero attached hydrogens (tertiary/aromatic N) is 1. The minimum Gasteiger partial charge on any atom is -0.263 e. The summed E-state index contributed by atoms with van der Waals surface area (Å²) < 4.78 is 27.2. The van der Waals surface area contributed by atoms with Crippen LogP contribution in [0.15, 0.2) is 47.5 Å². The molecule has 0 fully saturated rings. The van der Waals surface area contributed by atoms with Crippen molar-refractivity contribution < 1.29 is 8.42 Å². The van der Waals surface area contributed by atoms with Gasteiger partial charge in [-0.1, -0.05) is 12.1 Å². The highest BCUT2D eigenvalue weighted by atomic mass is 32.2. The van der Waals surface area contributed by atoms with E-state index in [-0.39, 0.29) is 0 Å². The molecule has 3 rings (SSSR count). The molecule has 0 saturated heterocycles. The Morgan fingerprint density at radius 2 is 1.80 bits per heavy atom. The Labute approximate surface area is 118 Å². The number of rotatable bonds is 3. The van der Waals surface area contributed by atoms with E-state index in [1.807, 2.05) is 6.07 Å². The van der Waals surface area contributed by atoms with Crippen molar-refractivity contribution in [1.82, 2.24) is 4.98 Å². The molecule has 0 spiro atoms. The molecule has 0 amide bonds. The van der Waals surface area contributed by atoms with E-state index in [0.717, 1.165) is 24.8 Å². The molecule has 0 bridgehead atoms. The quantitative estimate of drug-likeness (QED) is 0.944. The molecule has 0 aliphatic heterocycles. The number of benzene rings is 1. The summed E-state index contributed by atoms with van der Waals surface area (Å²) in [4.78, 5) is 4.30. The molecular formula is C15H16N2O2S. The predicted octanol–water partition coefficient (Wildman–Crippen LogP) is 2.76. The van der Waals surface area contributed by atoms with Gasteiger partial charge in [-0.2, -0.15) is 0 Å². The van der Waals surface area contributed by atoms with Gasteiger partial charge in [-0.3, -0.25) is 4.72 Å². The van der Waals surface area contributed by atoms with Gasteiger partial charge in [0, 0.05) is 6.20 Å². The summed E-state index contributed by atoms with van der Waals surface area (Å²) in [5.74, 6) is 0.338. The van der Waals surface area contributed by atoms with Crippen molar-refractivity contribution in [3.63, 3.8) is 0 Å². The van der Waals surface area contributed by atoms with Crippen LogP contribution in [0.25, 0.3) is 0 Å². The first-order valence-electron chi connectivity index (χ1n) is 6.71. The second kappa shape index (κ2) is 5.25. The van der Waals surface area contributed by atoms with Gasteiger partial charge in [-0.25, -0.2) is 13.4 Å². The second-order valence-corrected chi connectivity index (χ2v) is 6.64. The van der Waals surface area contributed by atoms with Gasteiger partial charge >= 0.3 is 0 Å². The molecule has 2 aromatic rings. The summed E-state index contributed by atoms with van der Waals surface area (Å²) in [5, 5.41) is 0. The molecule has 0 unspecified atom stereocenters. The summed E-state index contributed by atoms with van der Waals surface area (Å²) in [7, 11) is -3.56. The van der Waals surface area contributed by atoms with Crippen LogP contribution in [0.2, 0.25) is 0 Å². The zero-order valence-electron chi connectivity index (χ0n) is 11.0. The molecule has 1 aromatic carbocycles. The van der Waals surface area contributed by atoms with Crippen LogP contribution in [0.4, 0.5) is 5.82 Å². The lowest BCUT2D eigenvalue weighted by molar-refractivity contribution is 0.600. The van der Waals surface area contributed by atoms with Crippen LogP contribution in [-0.4, -0.2) is 13.4 Å². The SMILES string of the molecule is O=S(=O)(Nc1ccccn1)c1ccc2c(c1)CCCC2. The van der Waals surface area contributed by atoms with E-state index in [1.54, 1.807) is 36.5 Å². The van der Waals surface area contributed by atoms with Gasteiger partial charge in [-0.05, 0) is 61.1 Å². The Morgan fingerprint density at radius 3 is 2.55 bits per heavy atom. The fraction of sp³-hybridized carbons (Fsp3) is 0.267. The van der Waals surface area contributed by atoms with Crippen molar-refractivity contribution in [2.75, 3.05) is 4.72 Å². The minimum atomic E-state index is -3.56. The molecule has 0 atom stereocenters. The van der Waals surface area contributed by atoms with Crippen molar-refractivity contribution in [2.45, 2.75) is 30.6 Å². The van der Waals surface area contributed by atoms with Crippen LogP contribution >= 0.6 is 0 Å². The molecule has 1 aliphatic carbocycles. The van der Waals surface area contributed by atoms with Crippen molar-refractivity contribution in [3.8, 4) is 0 Å². The highest BCUT2D eigenvalue weighted by molar-refractivity contribution is 7.92. The number of fused-ring (bicyclic) bond motifs is 1. The van der Waals surface area contributed by atoms with Gasteiger partial charge in [0.05, 0.1) is 4.90 Å².